The van der Waals surface area contributed by atoms with Crippen LogP contribution in [0.5, 0.6) is 0 Å². The molecule has 0 radical (unpaired) electrons. The molecule has 3 aromatic rings. The number of halogens is 1. The summed E-state index contributed by atoms with van der Waals surface area (Å²) in [4.78, 5) is 15.0. The Balaban J connectivity index is 1.55. The van der Waals surface area contributed by atoms with Gasteiger partial charge in [0, 0.05) is 35.4 Å². The summed E-state index contributed by atoms with van der Waals surface area (Å²) in [5.74, 6) is 0.729. The standard InChI is InChI=1S/C31H33BrN2O/c32-27-13-14-28-24(18-27)10-7-16-30(28)21-33-20-29(30)31(26-11-5-2-6-12-26)19-25(15-17-34(31)22-35)23-8-3-1-4-9-23/h1-6,8-9,11-14,18,22,25,29,33H,7,10,15-17,19-21H2/t25-,29-,30+,31-/m1/s1. The third-order valence-electron chi connectivity index (χ3n) is 9.17. The quantitative estimate of drug-likeness (QED) is 0.410. The normalized spacial score (nSPS) is 30.3. The Morgan fingerprint density at radius 2 is 1.77 bits per heavy atom. The molecule has 1 amide bonds. The largest absolute Gasteiger partial charge is 0.335 e. The topological polar surface area (TPSA) is 32.3 Å². The van der Waals surface area contributed by atoms with Gasteiger partial charge in [0.25, 0.3) is 0 Å². The van der Waals surface area contributed by atoms with Crippen LogP contribution in [-0.2, 0) is 22.2 Å². The van der Waals surface area contributed by atoms with E-state index in [4.69, 9.17) is 0 Å². The van der Waals surface area contributed by atoms with Crippen molar-refractivity contribution in [3.63, 3.8) is 0 Å². The maximum Gasteiger partial charge on any atom is 0.210 e. The van der Waals surface area contributed by atoms with Gasteiger partial charge >= 0.3 is 0 Å². The van der Waals surface area contributed by atoms with Crippen molar-refractivity contribution in [3.8, 4) is 0 Å². The average molecular weight is 530 g/mol. The van der Waals surface area contributed by atoms with E-state index in [0.29, 0.717) is 11.8 Å². The van der Waals surface area contributed by atoms with Gasteiger partial charge in [0.2, 0.25) is 6.41 Å². The maximum absolute atomic E-state index is 12.8. The van der Waals surface area contributed by atoms with Gasteiger partial charge in [0.15, 0.2) is 0 Å². The summed E-state index contributed by atoms with van der Waals surface area (Å²) in [6.07, 6.45) is 6.59. The molecular formula is C31H33BrN2O. The van der Waals surface area contributed by atoms with Crippen molar-refractivity contribution < 1.29 is 4.79 Å². The molecule has 2 aliphatic heterocycles. The molecule has 1 spiro atoms. The lowest BCUT2D eigenvalue weighted by Crippen LogP contribution is -2.60. The lowest BCUT2D eigenvalue weighted by atomic mass is 9.55. The van der Waals surface area contributed by atoms with Crippen LogP contribution in [0.2, 0.25) is 0 Å². The summed E-state index contributed by atoms with van der Waals surface area (Å²) in [6, 6.07) is 28.8. The molecule has 1 aliphatic carbocycles. The molecule has 0 aromatic heterocycles. The number of carbonyl (C=O) groups is 1. The van der Waals surface area contributed by atoms with Gasteiger partial charge in [-0.3, -0.25) is 4.79 Å². The number of piperidine rings is 1. The van der Waals surface area contributed by atoms with Crippen LogP contribution in [0.1, 0.15) is 53.9 Å². The minimum atomic E-state index is -0.354. The first-order valence-electron chi connectivity index (χ1n) is 13.0. The Bertz CT molecular complexity index is 1200. The van der Waals surface area contributed by atoms with Gasteiger partial charge in [-0.05, 0) is 72.4 Å². The van der Waals surface area contributed by atoms with Crippen LogP contribution in [0, 0.1) is 5.92 Å². The third-order valence-corrected chi connectivity index (χ3v) is 9.66. The van der Waals surface area contributed by atoms with E-state index in [2.05, 4.69) is 105 Å². The van der Waals surface area contributed by atoms with Gasteiger partial charge in [-0.15, -0.1) is 0 Å². The molecule has 35 heavy (non-hydrogen) atoms. The van der Waals surface area contributed by atoms with Gasteiger partial charge in [0.1, 0.15) is 0 Å². The second-order valence-corrected chi connectivity index (χ2v) is 11.6. The molecule has 6 rings (SSSR count). The Kier molecular flexibility index (Phi) is 6.06. The molecule has 0 saturated carbocycles. The summed E-state index contributed by atoms with van der Waals surface area (Å²) in [5, 5.41) is 3.83. The first-order chi connectivity index (χ1) is 17.2. The number of amides is 1. The van der Waals surface area contributed by atoms with Gasteiger partial charge in [-0.2, -0.15) is 0 Å². The zero-order chi connectivity index (χ0) is 23.9. The van der Waals surface area contributed by atoms with Crippen molar-refractivity contribution in [2.75, 3.05) is 19.6 Å². The number of hydrogen-bond donors (Lipinski definition) is 1. The van der Waals surface area contributed by atoms with Crippen molar-refractivity contribution in [1.29, 1.82) is 0 Å². The third kappa shape index (κ3) is 3.68. The fourth-order valence-corrected chi connectivity index (χ4v) is 8.12. The van der Waals surface area contributed by atoms with E-state index >= 15 is 0 Å². The van der Waals surface area contributed by atoms with Crippen molar-refractivity contribution >= 4 is 22.3 Å². The van der Waals surface area contributed by atoms with Crippen LogP contribution in [0.15, 0.2) is 83.3 Å². The molecule has 0 bridgehead atoms. The number of benzene rings is 3. The first kappa shape index (κ1) is 23.0. The molecular weight excluding hydrogens is 496 g/mol. The van der Waals surface area contributed by atoms with E-state index in [0.717, 1.165) is 56.2 Å². The second-order valence-electron chi connectivity index (χ2n) is 10.7. The Morgan fingerprint density at radius 3 is 2.54 bits per heavy atom. The minimum Gasteiger partial charge on any atom is -0.335 e. The second kappa shape index (κ2) is 9.22. The van der Waals surface area contributed by atoms with Gasteiger partial charge in [0.05, 0.1) is 5.54 Å². The SMILES string of the molecule is O=CN1CC[C@@H](c2ccccc2)C[C@@]1(c1ccccc1)[C@@H]1CNC[C@]12CCCc1cc(Br)ccc12. The van der Waals surface area contributed by atoms with Crippen molar-refractivity contribution in [3.05, 3.63) is 106 Å². The smallest absolute Gasteiger partial charge is 0.210 e. The van der Waals surface area contributed by atoms with Crippen molar-refractivity contribution in [2.24, 2.45) is 5.92 Å². The highest BCUT2D eigenvalue weighted by molar-refractivity contribution is 9.10. The first-order valence-corrected chi connectivity index (χ1v) is 13.8. The molecule has 3 nitrogen and oxygen atoms in total. The van der Waals surface area contributed by atoms with E-state index in [-0.39, 0.29) is 11.0 Å². The van der Waals surface area contributed by atoms with E-state index in [1.165, 1.54) is 28.7 Å². The lowest BCUT2D eigenvalue weighted by Gasteiger charge is -2.57. The number of likely N-dealkylation sites (tertiary alicyclic amines) is 1. The molecule has 180 valence electrons. The van der Waals surface area contributed by atoms with Crippen LogP contribution in [0.4, 0.5) is 0 Å². The van der Waals surface area contributed by atoms with E-state index in [9.17, 15) is 4.79 Å². The maximum atomic E-state index is 12.8. The van der Waals surface area contributed by atoms with E-state index < -0.39 is 0 Å². The molecule has 3 aromatic carbocycles. The zero-order valence-corrected chi connectivity index (χ0v) is 21.7. The van der Waals surface area contributed by atoms with Crippen molar-refractivity contribution in [2.45, 2.75) is 49.0 Å². The minimum absolute atomic E-state index is 0.0178. The Hall–Kier alpha value is -2.43. The number of nitrogens with zero attached hydrogens (tertiary/aromatic N) is 1. The highest BCUT2D eigenvalue weighted by atomic mass is 79.9. The summed E-state index contributed by atoms with van der Waals surface area (Å²) in [7, 11) is 0. The van der Waals surface area contributed by atoms with Gasteiger partial charge in [-0.1, -0.05) is 82.7 Å². The zero-order valence-electron chi connectivity index (χ0n) is 20.1. The van der Waals surface area contributed by atoms with Crippen LogP contribution >= 0.6 is 15.9 Å². The number of hydrogen-bond acceptors (Lipinski definition) is 2. The molecule has 4 heteroatoms. The lowest BCUT2D eigenvalue weighted by molar-refractivity contribution is -0.132. The highest BCUT2D eigenvalue weighted by Gasteiger charge is 2.59. The summed E-state index contributed by atoms with van der Waals surface area (Å²) in [5.41, 5.74) is 5.30. The van der Waals surface area contributed by atoms with E-state index in [1.807, 2.05) is 0 Å². The monoisotopic (exact) mass is 528 g/mol. The highest BCUT2D eigenvalue weighted by Crippen LogP contribution is 2.57. The predicted molar refractivity (Wildman–Crippen MR) is 144 cm³/mol. The number of aryl methyl sites for hydroxylation is 1. The van der Waals surface area contributed by atoms with Crippen LogP contribution < -0.4 is 5.32 Å². The summed E-state index contributed by atoms with van der Waals surface area (Å²) >= 11 is 3.71. The van der Waals surface area contributed by atoms with Gasteiger partial charge in [-0.25, -0.2) is 0 Å². The molecule has 0 unspecified atom stereocenters. The molecule has 2 saturated heterocycles. The molecule has 1 N–H and O–H groups in total. The number of rotatable bonds is 4. The number of carbonyl (C=O) groups excluding carboxylic acids is 1. The molecule has 2 heterocycles. The van der Waals surface area contributed by atoms with Crippen LogP contribution in [-0.4, -0.2) is 30.9 Å². The predicted octanol–water partition coefficient (Wildman–Crippen LogP) is 6.17. The van der Waals surface area contributed by atoms with Crippen LogP contribution in [0.25, 0.3) is 0 Å². The van der Waals surface area contributed by atoms with E-state index in [1.54, 1.807) is 0 Å². The summed E-state index contributed by atoms with van der Waals surface area (Å²) < 4.78 is 1.16. The average Bonchev–Trinajstić information content (AvgIpc) is 3.33. The number of nitrogens with one attached hydrogen (secondary N) is 1. The van der Waals surface area contributed by atoms with Crippen molar-refractivity contribution in [1.82, 2.24) is 10.2 Å². The fraction of sp³-hybridized carbons (Fsp3) is 0.387. The number of fused-ring (bicyclic) bond motifs is 2. The molecule has 3 aliphatic rings. The summed E-state index contributed by atoms with van der Waals surface area (Å²) in [6.45, 7) is 2.69. The Labute approximate surface area is 217 Å². The van der Waals surface area contributed by atoms with Crippen LogP contribution in [0.3, 0.4) is 0 Å². The van der Waals surface area contributed by atoms with Gasteiger partial charge < -0.3 is 10.2 Å². The molecule has 4 atom stereocenters. The molecule has 2 fully saturated rings. The fourth-order valence-electron chi connectivity index (χ4n) is 7.71. The Morgan fingerprint density at radius 1 is 1.00 bits per heavy atom.